The fraction of sp³-hybridized carbons (Fsp3) is 0.714. The van der Waals surface area contributed by atoms with Crippen LogP contribution in [0.25, 0.3) is 0 Å². The first kappa shape index (κ1) is 14.7. The molecule has 0 aliphatic heterocycles. The van der Waals surface area contributed by atoms with Crippen molar-refractivity contribution in [2.75, 3.05) is 6.61 Å². The maximum Gasteiger partial charge on any atom is 0.0446 e. The first-order valence-corrected chi connectivity index (χ1v) is 7.21. The Morgan fingerprint density at radius 1 is 1.29 bits per heavy atom. The van der Waals surface area contributed by atoms with E-state index in [-0.39, 0.29) is 12.0 Å². The van der Waals surface area contributed by atoms with Crippen LogP contribution in [0.15, 0.2) is 12.1 Å². The van der Waals surface area contributed by atoms with Crippen LogP contribution in [-0.4, -0.2) is 17.8 Å². The zero-order valence-electron chi connectivity index (χ0n) is 11.4. The average Bonchev–Trinajstić information content (AvgIpc) is 2.70. The monoisotopic (exact) mass is 255 g/mol. The van der Waals surface area contributed by atoms with Gasteiger partial charge in [0.05, 0.1) is 0 Å². The maximum atomic E-state index is 9.10. The van der Waals surface area contributed by atoms with Crippen molar-refractivity contribution in [3.8, 4) is 0 Å². The van der Waals surface area contributed by atoms with Gasteiger partial charge in [-0.2, -0.15) is 0 Å². The molecule has 1 heterocycles. The molecular weight excluding hydrogens is 230 g/mol. The third-order valence-electron chi connectivity index (χ3n) is 3.05. The molecule has 3 heteroatoms. The van der Waals surface area contributed by atoms with Gasteiger partial charge in [-0.1, -0.05) is 27.7 Å². The predicted octanol–water partition coefficient (Wildman–Crippen LogP) is 3.20. The molecule has 0 aliphatic carbocycles. The molecule has 0 saturated heterocycles. The van der Waals surface area contributed by atoms with Gasteiger partial charge in [-0.3, -0.25) is 0 Å². The number of hydrogen-bond donors (Lipinski definition) is 2. The fourth-order valence-electron chi connectivity index (χ4n) is 1.90. The molecule has 0 bridgehead atoms. The summed E-state index contributed by atoms with van der Waals surface area (Å²) in [6, 6.07) is 4.77. The third kappa shape index (κ3) is 4.78. The first-order chi connectivity index (χ1) is 7.97. The molecule has 0 fully saturated rings. The highest BCUT2D eigenvalue weighted by molar-refractivity contribution is 7.11. The van der Waals surface area contributed by atoms with Gasteiger partial charge in [-0.25, -0.2) is 0 Å². The van der Waals surface area contributed by atoms with Crippen LogP contribution in [0.2, 0.25) is 0 Å². The molecule has 0 saturated carbocycles. The smallest absolute Gasteiger partial charge is 0.0446 e. The van der Waals surface area contributed by atoms with Crippen molar-refractivity contribution in [2.24, 2.45) is 5.41 Å². The summed E-state index contributed by atoms with van der Waals surface area (Å²) in [5.41, 5.74) is 0.188. The Balaban J connectivity index is 2.51. The summed E-state index contributed by atoms with van der Waals surface area (Å²) in [4.78, 5) is 2.82. The van der Waals surface area contributed by atoms with E-state index in [2.05, 4.69) is 45.1 Å². The molecule has 0 aliphatic rings. The molecule has 1 aromatic heterocycles. The summed E-state index contributed by atoms with van der Waals surface area (Å²) in [5, 5.41) is 12.7. The predicted molar refractivity (Wildman–Crippen MR) is 75.5 cm³/mol. The number of aliphatic hydroxyl groups is 1. The van der Waals surface area contributed by atoms with Crippen LogP contribution in [0.5, 0.6) is 0 Å². The van der Waals surface area contributed by atoms with Crippen LogP contribution in [0.3, 0.4) is 0 Å². The Kier molecular flexibility index (Phi) is 5.63. The lowest BCUT2D eigenvalue weighted by Crippen LogP contribution is -2.40. The van der Waals surface area contributed by atoms with Crippen molar-refractivity contribution in [1.29, 1.82) is 0 Å². The highest BCUT2D eigenvalue weighted by Gasteiger charge is 2.23. The Bertz CT molecular complexity index is 327. The van der Waals surface area contributed by atoms with E-state index in [1.54, 1.807) is 0 Å². The van der Waals surface area contributed by atoms with Crippen LogP contribution in [0, 0.1) is 5.41 Å². The average molecular weight is 255 g/mol. The maximum absolute atomic E-state index is 9.10. The molecule has 2 N–H and O–H groups in total. The van der Waals surface area contributed by atoms with Gasteiger partial charge in [0.15, 0.2) is 0 Å². The molecule has 98 valence electrons. The minimum Gasteiger partial charge on any atom is -0.396 e. The van der Waals surface area contributed by atoms with Crippen molar-refractivity contribution < 1.29 is 5.11 Å². The molecule has 1 rings (SSSR count). The Morgan fingerprint density at radius 2 is 1.94 bits per heavy atom. The standard InChI is InChI=1S/C14H25NOS/c1-5-11-6-7-12(17-11)10-15-13(8-9-16)14(2,3)4/h6-7,13,15-16H,5,8-10H2,1-4H3. The van der Waals surface area contributed by atoms with Crippen LogP contribution < -0.4 is 5.32 Å². The first-order valence-electron chi connectivity index (χ1n) is 6.39. The number of rotatable bonds is 6. The molecule has 17 heavy (non-hydrogen) atoms. The number of thiophene rings is 1. The molecule has 0 radical (unpaired) electrons. The zero-order chi connectivity index (χ0) is 12.9. The Hall–Kier alpha value is -0.380. The van der Waals surface area contributed by atoms with Gasteiger partial charge in [-0.05, 0) is 30.4 Å². The second kappa shape index (κ2) is 6.53. The minimum absolute atomic E-state index is 0.188. The quantitative estimate of drug-likeness (QED) is 0.818. The highest BCUT2D eigenvalue weighted by atomic mass is 32.1. The van der Waals surface area contributed by atoms with E-state index in [0.717, 1.165) is 19.4 Å². The van der Waals surface area contributed by atoms with Gasteiger partial charge in [0.25, 0.3) is 0 Å². The van der Waals surface area contributed by atoms with Gasteiger partial charge in [0, 0.05) is 28.9 Å². The topological polar surface area (TPSA) is 32.3 Å². The van der Waals surface area contributed by atoms with Gasteiger partial charge in [0.2, 0.25) is 0 Å². The van der Waals surface area contributed by atoms with E-state index in [9.17, 15) is 0 Å². The molecule has 1 aromatic rings. The molecule has 0 spiro atoms. The van der Waals surface area contributed by atoms with E-state index in [0.29, 0.717) is 6.04 Å². The second-order valence-corrected chi connectivity index (χ2v) is 6.79. The van der Waals surface area contributed by atoms with E-state index in [1.165, 1.54) is 9.75 Å². The Morgan fingerprint density at radius 3 is 2.41 bits per heavy atom. The SMILES string of the molecule is CCc1ccc(CNC(CCO)C(C)(C)C)s1. The molecule has 0 aromatic carbocycles. The van der Waals surface area contributed by atoms with Crippen LogP contribution in [-0.2, 0) is 13.0 Å². The van der Waals surface area contributed by atoms with Crippen molar-refractivity contribution in [3.05, 3.63) is 21.9 Å². The van der Waals surface area contributed by atoms with Gasteiger partial charge < -0.3 is 10.4 Å². The normalized spacial score (nSPS) is 13.9. The number of aliphatic hydroxyl groups excluding tert-OH is 1. The zero-order valence-corrected chi connectivity index (χ0v) is 12.2. The van der Waals surface area contributed by atoms with E-state index >= 15 is 0 Å². The second-order valence-electron chi connectivity index (χ2n) is 5.53. The van der Waals surface area contributed by atoms with Crippen molar-refractivity contribution in [1.82, 2.24) is 5.32 Å². The number of aryl methyl sites for hydroxylation is 1. The lowest BCUT2D eigenvalue weighted by molar-refractivity contribution is 0.197. The molecule has 1 atom stereocenters. The summed E-state index contributed by atoms with van der Waals surface area (Å²) in [7, 11) is 0. The van der Waals surface area contributed by atoms with Crippen LogP contribution in [0.1, 0.15) is 43.9 Å². The van der Waals surface area contributed by atoms with Crippen molar-refractivity contribution in [2.45, 2.75) is 53.1 Å². The van der Waals surface area contributed by atoms with Gasteiger partial charge in [0.1, 0.15) is 0 Å². The van der Waals surface area contributed by atoms with Gasteiger partial charge in [-0.15, -0.1) is 11.3 Å². The summed E-state index contributed by atoms with van der Waals surface area (Å²) in [6.07, 6.45) is 1.93. The van der Waals surface area contributed by atoms with E-state index in [1.807, 2.05) is 11.3 Å². The van der Waals surface area contributed by atoms with E-state index in [4.69, 9.17) is 5.11 Å². The third-order valence-corrected chi connectivity index (χ3v) is 4.28. The molecular formula is C14H25NOS. The molecule has 2 nitrogen and oxygen atoms in total. The van der Waals surface area contributed by atoms with Crippen LogP contribution in [0.4, 0.5) is 0 Å². The molecule has 1 unspecified atom stereocenters. The van der Waals surface area contributed by atoms with Gasteiger partial charge >= 0.3 is 0 Å². The summed E-state index contributed by atoms with van der Waals surface area (Å²) in [5.74, 6) is 0. The molecule has 0 amide bonds. The van der Waals surface area contributed by atoms with E-state index < -0.39 is 0 Å². The Labute approximate surface area is 109 Å². The minimum atomic E-state index is 0.188. The number of nitrogens with one attached hydrogen (secondary N) is 1. The van der Waals surface area contributed by atoms with Crippen molar-refractivity contribution >= 4 is 11.3 Å². The lowest BCUT2D eigenvalue weighted by atomic mass is 9.85. The summed E-state index contributed by atoms with van der Waals surface area (Å²) >= 11 is 1.88. The fourth-order valence-corrected chi connectivity index (χ4v) is 2.81. The summed E-state index contributed by atoms with van der Waals surface area (Å²) in [6.45, 7) is 9.99. The lowest BCUT2D eigenvalue weighted by Gasteiger charge is -2.31. The highest BCUT2D eigenvalue weighted by Crippen LogP contribution is 2.23. The van der Waals surface area contributed by atoms with Crippen molar-refractivity contribution in [3.63, 3.8) is 0 Å². The summed E-state index contributed by atoms with van der Waals surface area (Å²) < 4.78 is 0. The number of hydrogen-bond acceptors (Lipinski definition) is 3. The van der Waals surface area contributed by atoms with Crippen LogP contribution >= 0.6 is 11.3 Å². The largest absolute Gasteiger partial charge is 0.396 e.